The summed E-state index contributed by atoms with van der Waals surface area (Å²) in [5.74, 6) is -0.0339. The van der Waals surface area contributed by atoms with E-state index in [1.54, 1.807) is 0 Å². The van der Waals surface area contributed by atoms with Crippen molar-refractivity contribution in [3.8, 4) is 11.3 Å². The number of hydrogen-bond donors (Lipinski definition) is 3. The third kappa shape index (κ3) is 4.96. The minimum Gasteiger partial charge on any atom is -0.379 e. The smallest absolute Gasteiger partial charge is 0.228 e. The van der Waals surface area contributed by atoms with E-state index in [-0.39, 0.29) is 5.91 Å². The SMILES string of the molecule is O=C(Cc1cc(NCc2ccccc2)c2[nH]c(-c3ccccc3)cc2c1)Nc1ccccc1. The highest BCUT2D eigenvalue weighted by atomic mass is 16.1. The average Bonchev–Trinajstić information content (AvgIpc) is 3.29. The van der Waals surface area contributed by atoms with E-state index in [1.807, 2.05) is 66.7 Å². The zero-order chi connectivity index (χ0) is 22.5. The summed E-state index contributed by atoms with van der Waals surface area (Å²) in [6, 6.07) is 36.5. The van der Waals surface area contributed by atoms with E-state index in [9.17, 15) is 4.79 Å². The minimum absolute atomic E-state index is 0.0339. The minimum atomic E-state index is -0.0339. The van der Waals surface area contributed by atoms with E-state index in [2.05, 4.69) is 58.1 Å². The van der Waals surface area contributed by atoms with E-state index in [1.165, 1.54) is 5.56 Å². The maximum Gasteiger partial charge on any atom is 0.228 e. The highest BCUT2D eigenvalue weighted by Gasteiger charge is 2.12. The zero-order valence-corrected chi connectivity index (χ0v) is 18.2. The van der Waals surface area contributed by atoms with Crippen molar-refractivity contribution in [2.45, 2.75) is 13.0 Å². The van der Waals surface area contributed by atoms with Crippen molar-refractivity contribution < 1.29 is 4.79 Å². The van der Waals surface area contributed by atoms with Crippen molar-refractivity contribution in [1.82, 2.24) is 4.98 Å². The normalized spacial score (nSPS) is 10.8. The number of carbonyl (C=O) groups excluding carboxylic acids is 1. The van der Waals surface area contributed by atoms with Crippen LogP contribution < -0.4 is 10.6 Å². The van der Waals surface area contributed by atoms with Crippen molar-refractivity contribution in [3.05, 3.63) is 120 Å². The van der Waals surface area contributed by atoms with Gasteiger partial charge in [-0.2, -0.15) is 0 Å². The van der Waals surface area contributed by atoms with Gasteiger partial charge >= 0.3 is 0 Å². The lowest BCUT2D eigenvalue weighted by atomic mass is 10.1. The molecule has 0 aliphatic carbocycles. The predicted octanol–water partition coefficient (Wildman–Crippen LogP) is 6.63. The lowest BCUT2D eigenvalue weighted by molar-refractivity contribution is -0.115. The molecule has 0 aliphatic rings. The van der Waals surface area contributed by atoms with Crippen LogP contribution in [0.5, 0.6) is 0 Å². The first-order valence-corrected chi connectivity index (χ1v) is 11.1. The standard InChI is InChI=1S/C29H25N3O/c33-28(31-25-14-8-3-9-15-25)18-22-16-24-19-26(23-12-6-2-7-13-23)32-29(24)27(17-22)30-20-21-10-4-1-5-11-21/h1-17,19,30,32H,18,20H2,(H,31,33). The van der Waals surface area contributed by atoms with Gasteiger partial charge in [-0.1, -0.05) is 78.9 Å². The van der Waals surface area contributed by atoms with E-state index in [4.69, 9.17) is 0 Å². The highest BCUT2D eigenvalue weighted by Crippen LogP contribution is 2.31. The molecule has 1 aromatic heterocycles. The summed E-state index contributed by atoms with van der Waals surface area (Å²) < 4.78 is 0. The molecule has 0 fully saturated rings. The number of rotatable bonds is 7. The Morgan fingerprint density at radius 3 is 2.12 bits per heavy atom. The Bertz CT molecular complexity index is 1360. The summed E-state index contributed by atoms with van der Waals surface area (Å²) in [4.78, 5) is 16.3. The number of H-pyrrole nitrogens is 1. The summed E-state index contributed by atoms with van der Waals surface area (Å²) in [6.07, 6.45) is 0.302. The number of aromatic amines is 1. The molecule has 0 radical (unpaired) electrons. The second-order valence-corrected chi connectivity index (χ2v) is 8.09. The highest BCUT2D eigenvalue weighted by molar-refractivity contribution is 5.98. The van der Waals surface area contributed by atoms with Crippen LogP contribution in [0.25, 0.3) is 22.2 Å². The Morgan fingerprint density at radius 1 is 0.727 bits per heavy atom. The van der Waals surface area contributed by atoms with E-state index in [0.717, 1.165) is 39.1 Å². The molecular weight excluding hydrogens is 406 g/mol. The van der Waals surface area contributed by atoms with Gasteiger partial charge in [-0.05, 0) is 47.0 Å². The first-order valence-electron chi connectivity index (χ1n) is 11.1. The number of amides is 1. The number of para-hydroxylation sites is 1. The van der Waals surface area contributed by atoms with Crippen molar-refractivity contribution >= 4 is 28.2 Å². The van der Waals surface area contributed by atoms with Crippen LogP contribution in [-0.4, -0.2) is 10.9 Å². The van der Waals surface area contributed by atoms with Gasteiger partial charge in [-0.15, -0.1) is 0 Å². The van der Waals surface area contributed by atoms with Crippen molar-refractivity contribution in [3.63, 3.8) is 0 Å². The van der Waals surface area contributed by atoms with Gasteiger partial charge in [0, 0.05) is 23.3 Å². The molecule has 0 bridgehead atoms. The largest absolute Gasteiger partial charge is 0.379 e. The quantitative estimate of drug-likeness (QED) is 0.271. The summed E-state index contributed by atoms with van der Waals surface area (Å²) in [7, 11) is 0. The first-order chi connectivity index (χ1) is 16.2. The Labute approximate surface area is 193 Å². The molecule has 1 amide bonds. The van der Waals surface area contributed by atoms with Crippen LogP contribution in [0.4, 0.5) is 11.4 Å². The fourth-order valence-electron chi connectivity index (χ4n) is 4.03. The van der Waals surface area contributed by atoms with Gasteiger partial charge in [0.05, 0.1) is 17.6 Å². The number of fused-ring (bicyclic) bond motifs is 1. The van der Waals surface area contributed by atoms with Gasteiger partial charge in [0.2, 0.25) is 5.91 Å². The van der Waals surface area contributed by atoms with Crippen LogP contribution in [0, 0.1) is 0 Å². The fourth-order valence-corrected chi connectivity index (χ4v) is 4.03. The topological polar surface area (TPSA) is 56.9 Å². The van der Waals surface area contributed by atoms with Gasteiger partial charge in [-0.25, -0.2) is 0 Å². The molecule has 1 heterocycles. The third-order valence-corrected chi connectivity index (χ3v) is 5.62. The summed E-state index contributed by atoms with van der Waals surface area (Å²) >= 11 is 0. The molecule has 0 atom stereocenters. The summed E-state index contributed by atoms with van der Waals surface area (Å²) in [6.45, 7) is 0.704. The van der Waals surface area contributed by atoms with Gasteiger partial charge in [0.15, 0.2) is 0 Å². The van der Waals surface area contributed by atoms with Gasteiger partial charge in [-0.3, -0.25) is 4.79 Å². The Morgan fingerprint density at radius 2 is 1.39 bits per heavy atom. The van der Waals surface area contributed by atoms with Crippen LogP contribution in [0.3, 0.4) is 0 Å². The van der Waals surface area contributed by atoms with E-state index in [0.29, 0.717) is 13.0 Å². The molecule has 5 aromatic rings. The molecule has 0 aliphatic heterocycles. The molecule has 5 rings (SSSR count). The number of nitrogens with one attached hydrogen (secondary N) is 3. The number of hydrogen-bond acceptors (Lipinski definition) is 2. The first kappa shape index (κ1) is 20.6. The second-order valence-electron chi connectivity index (χ2n) is 8.09. The summed E-state index contributed by atoms with van der Waals surface area (Å²) in [5.41, 5.74) is 7.18. The number of anilines is 2. The molecule has 4 aromatic carbocycles. The summed E-state index contributed by atoms with van der Waals surface area (Å²) in [5, 5.41) is 7.63. The number of benzene rings is 4. The van der Waals surface area contributed by atoms with Crippen molar-refractivity contribution in [1.29, 1.82) is 0 Å². The lowest BCUT2D eigenvalue weighted by Crippen LogP contribution is -2.14. The maximum absolute atomic E-state index is 12.7. The van der Waals surface area contributed by atoms with Crippen LogP contribution in [-0.2, 0) is 17.8 Å². The molecule has 0 spiro atoms. The second kappa shape index (κ2) is 9.45. The Balaban J connectivity index is 1.46. The van der Waals surface area contributed by atoms with Gasteiger partial charge < -0.3 is 15.6 Å². The Hall–Kier alpha value is -4.31. The average molecular weight is 432 g/mol. The van der Waals surface area contributed by atoms with Crippen molar-refractivity contribution in [2.24, 2.45) is 0 Å². The molecule has 0 saturated heterocycles. The van der Waals surface area contributed by atoms with E-state index < -0.39 is 0 Å². The molecule has 0 saturated carbocycles. The van der Waals surface area contributed by atoms with Crippen LogP contribution in [0.2, 0.25) is 0 Å². The number of aromatic nitrogens is 1. The lowest BCUT2D eigenvalue weighted by Gasteiger charge is -2.11. The molecule has 0 unspecified atom stereocenters. The molecule has 3 N–H and O–H groups in total. The number of carbonyl (C=O) groups is 1. The van der Waals surface area contributed by atoms with Crippen LogP contribution >= 0.6 is 0 Å². The van der Waals surface area contributed by atoms with E-state index >= 15 is 0 Å². The fraction of sp³-hybridized carbons (Fsp3) is 0.0690. The Kier molecular flexibility index (Phi) is 5.89. The molecule has 4 heteroatoms. The van der Waals surface area contributed by atoms with Crippen LogP contribution in [0.15, 0.2) is 109 Å². The molecule has 4 nitrogen and oxygen atoms in total. The zero-order valence-electron chi connectivity index (χ0n) is 18.2. The molecule has 33 heavy (non-hydrogen) atoms. The van der Waals surface area contributed by atoms with Gasteiger partial charge in [0.1, 0.15) is 0 Å². The third-order valence-electron chi connectivity index (χ3n) is 5.62. The van der Waals surface area contributed by atoms with Gasteiger partial charge in [0.25, 0.3) is 0 Å². The van der Waals surface area contributed by atoms with Crippen LogP contribution in [0.1, 0.15) is 11.1 Å². The maximum atomic E-state index is 12.7. The van der Waals surface area contributed by atoms with Crippen molar-refractivity contribution in [2.75, 3.05) is 10.6 Å². The molecule has 162 valence electrons. The molecular formula is C29H25N3O. The monoisotopic (exact) mass is 431 g/mol. The predicted molar refractivity (Wildman–Crippen MR) is 136 cm³/mol.